The molecule has 1 heterocycles. The number of carbonyl (C=O) groups is 1. The van der Waals surface area contributed by atoms with Gasteiger partial charge in [0, 0.05) is 5.56 Å². The van der Waals surface area contributed by atoms with E-state index in [9.17, 15) is 4.79 Å². The van der Waals surface area contributed by atoms with Gasteiger partial charge in [0.2, 0.25) is 5.78 Å². The summed E-state index contributed by atoms with van der Waals surface area (Å²) in [5, 5.41) is 0. The largest absolute Gasteiger partial charge is 0.320 e. The lowest BCUT2D eigenvalue weighted by Gasteiger charge is -2.40. The van der Waals surface area contributed by atoms with Crippen molar-refractivity contribution in [3.8, 4) is 0 Å². The zero-order chi connectivity index (χ0) is 13.0. The number of carbonyl (C=O) groups excluding carboxylic acids is 1. The van der Waals surface area contributed by atoms with E-state index in [1.54, 1.807) is 0 Å². The van der Waals surface area contributed by atoms with Gasteiger partial charge in [0.1, 0.15) is 6.54 Å². The molecule has 0 unspecified atom stereocenters. The molecule has 0 amide bonds. The molecule has 0 atom stereocenters. The molecule has 18 heavy (non-hydrogen) atoms. The van der Waals surface area contributed by atoms with Crippen molar-refractivity contribution in [1.82, 2.24) is 0 Å². The summed E-state index contributed by atoms with van der Waals surface area (Å²) >= 11 is 0. The van der Waals surface area contributed by atoms with Crippen molar-refractivity contribution in [2.24, 2.45) is 5.92 Å². The summed E-state index contributed by atoms with van der Waals surface area (Å²) in [6, 6.07) is 9.69. The number of ketones is 1. The number of rotatable bonds is 4. The van der Waals surface area contributed by atoms with Crippen LogP contribution in [0.2, 0.25) is 0 Å². The standard InChI is InChI=1S/C16H24NO/c1-3-14-9-11-17(2,12-10-14)13-16(18)15-7-5-4-6-8-15/h4-8,14H,3,9-13H2,1-2H3/q+1. The van der Waals surface area contributed by atoms with Gasteiger partial charge in [-0.3, -0.25) is 4.79 Å². The van der Waals surface area contributed by atoms with Crippen LogP contribution in [0.3, 0.4) is 0 Å². The highest BCUT2D eigenvalue weighted by Crippen LogP contribution is 2.24. The maximum Gasteiger partial charge on any atom is 0.216 e. The van der Waals surface area contributed by atoms with Gasteiger partial charge in [-0.05, 0) is 18.8 Å². The van der Waals surface area contributed by atoms with Crippen LogP contribution in [-0.4, -0.2) is 36.9 Å². The molecule has 0 N–H and O–H groups in total. The monoisotopic (exact) mass is 246 g/mol. The van der Waals surface area contributed by atoms with Crippen molar-refractivity contribution in [2.75, 3.05) is 26.7 Å². The third-order valence-electron chi connectivity index (χ3n) is 4.35. The second-order valence-electron chi connectivity index (χ2n) is 5.87. The molecule has 0 saturated carbocycles. The van der Waals surface area contributed by atoms with Crippen LogP contribution in [-0.2, 0) is 0 Å². The van der Waals surface area contributed by atoms with Crippen molar-refractivity contribution >= 4 is 5.78 Å². The predicted molar refractivity (Wildman–Crippen MR) is 74.6 cm³/mol. The topological polar surface area (TPSA) is 17.1 Å². The average molecular weight is 246 g/mol. The fourth-order valence-corrected chi connectivity index (χ4v) is 2.87. The van der Waals surface area contributed by atoms with E-state index in [-0.39, 0.29) is 5.78 Å². The zero-order valence-corrected chi connectivity index (χ0v) is 11.6. The van der Waals surface area contributed by atoms with Crippen molar-refractivity contribution in [3.63, 3.8) is 0 Å². The van der Waals surface area contributed by atoms with E-state index in [1.807, 2.05) is 30.3 Å². The third kappa shape index (κ3) is 3.20. The average Bonchev–Trinajstić information content (AvgIpc) is 2.40. The Bertz CT molecular complexity index is 391. The number of quaternary nitrogens is 1. The van der Waals surface area contributed by atoms with Crippen LogP contribution in [0.4, 0.5) is 0 Å². The Morgan fingerprint density at radius 3 is 2.39 bits per heavy atom. The minimum Gasteiger partial charge on any atom is -0.320 e. The molecule has 1 aliphatic heterocycles. The first-order valence-electron chi connectivity index (χ1n) is 7.05. The van der Waals surface area contributed by atoms with Crippen LogP contribution < -0.4 is 0 Å². The third-order valence-corrected chi connectivity index (χ3v) is 4.35. The highest BCUT2D eigenvalue weighted by molar-refractivity contribution is 5.96. The molecule has 1 aliphatic rings. The highest BCUT2D eigenvalue weighted by atomic mass is 16.1. The van der Waals surface area contributed by atoms with E-state index in [1.165, 1.54) is 19.3 Å². The molecule has 1 aromatic rings. The Morgan fingerprint density at radius 2 is 1.83 bits per heavy atom. The van der Waals surface area contributed by atoms with E-state index >= 15 is 0 Å². The van der Waals surface area contributed by atoms with Crippen LogP contribution >= 0.6 is 0 Å². The molecule has 1 saturated heterocycles. The lowest BCUT2D eigenvalue weighted by molar-refractivity contribution is -0.907. The van der Waals surface area contributed by atoms with Crippen molar-refractivity contribution in [3.05, 3.63) is 35.9 Å². The molecule has 1 aromatic carbocycles. The minimum atomic E-state index is 0.285. The van der Waals surface area contributed by atoms with E-state index in [4.69, 9.17) is 0 Å². The van der Waals surface area contributed by atoms with Gasteiger partial charge in [0.05, 0.1) is 20.1 Å². The number of likely N-dealkylation sites (N-methyl/N-ethyl adjacent to an activating group) is 1. The summed E-state index contributed by atoms with van der Waals surface area (Å²) in [5.74, 6) is 1.16. The molecule has 0 aromatic heterocycles. The van der Waals surface area contributed by atoms with E-state index < -0.39 is 0 Å². The van der Waals surface area contributed by atoms with Crippen molar-refractivity contribution < 1.29 is 9.28 Å². The van der Waals surface area contributed by atoms with Crippen LogP contribution in [0.25, 0.3) is 0 Å². The van der Waals surface area contributed by atoms with E-state index in [0.29, 0.717) is 6.54 Å². The number of likely N-dealkylation sites (tertiary alicyclic amines) is 1. The van der Waals surface area contributed by atoms with E-state index in [0.717, 1.165) is 29.1 Å². The number of piperidine rings is 1. The first-order valence-corrected chi connectivity index (χ1v) is 7.05. The summed E-state index contributed by atoms with van der Waals surface area (Å²) in [6.07, 6.45) is 3.83. The molecule has 0 aliphatic carbocycles. The van der Waals surface area contributed by atoms with E-state index in [2.05, 4.69) is 14.0 Å². The molecule has 0 spiro atoms. The Labute approximate surface area is 110 Å². The fourth-order valence-electron chi connectivity index (χ4n) is 2.87. The first-order chi connectivity index (χ1) is 8.63. The molecule has 2 heteroatoms. The maximum atomic E-state index is 12.3. The molecular weight excluding hydrogens is 222 g/mol. The van der Waals surface area contributed by atoms with Gasteiger partial charge in [-0.2, -0.15) is 0 Å². The summed E-state index contributed by atoms with van der Waals surface area (Å²) in [6.45, 7) is 5.23. The summed E-state index contributed by atoms with van der Waals surface area (Å²) in [7, 11) is 2.23. The number of nitrogens with zero attached hydrogens (tertiary/aromatic N) is 1. The van der Waals surface area contributed by atoms with Gasteiger partial charge in [0.25, 0.3) is 0 Å². The molecule has 1 fully saturated rings. The summed E-state index contributed by atoms with van der Waals surface area (Å²) in [4.78, 5) is 12.3. The van der Waals surface area contributed by atoms with Gasteiger partial charge < -0.3 is 4.48 Å². The smallest absolute Gasteiger partial charge is 0.216 e. The number of hydrogen-bond acceptors (Lipinski definition) is 1. The number of benzene rings is 1. The van der Waals surface area contributed by atoms with Crippen LogP contribution in [0.5, 0.6) is 0 Å². The summed E-state index contributed by atoms with van der Waals surface area (Å²) in [5.41, 5.74) is 0.856. The lowest BCUT2D eigenvalue weighted by atomic mass is 9.92. The van der Waals surface area contributed by atoms with Gasteiger partial charge in [-0.1, -0.05) is 43.7 Å². The second kappa shape index (κ2) is 5.66. The van der Waals surface area contributed by atoms with Crippen molar-refractivity contribution in [1.29, 1.82) is 0 Å². The number of hydrogen-bond donors (Lipinski definition) is 0. The quantitative estimate of drug-likeness (QED) is 0.589. The predicted octanol–water partition coefficient (Wildman–Crippen LogP) is 3.14. The molecule has 0 radical (unpaired) electrons. The summed E-state index contributed by atoms with van der Waals surface area (Å²) < 4.78 is 0.921. The lowest BCUT2D eigenvalue weighted by Crippen LogP contribution is -2.52. The first kappa shape index (κ1) is 13.3. The minimum absolute atomic E-state index is 0.285. The second-order valence-corrected chi connectivity index (χ2v) is 5.87. The van der Waals surface area contributed by atoms with Gasteiger partial charge in [-0.25, -0.2) is 0 Å². The molecular formula is C16H24NO+. The molecule has 2 nitrogen and oxygen atoms in total. The van der Waals surface area contributed by atoms with Gasteiger partial charge in [0.15, 0.2) is 0 Å². The Kier molecular flexibility index (Phi) is 4.18. The van der Waals surface area contributed by atoms with Gasteiger partial charge in [-0.15, -0.1) is 0 Å². The molecule has 98 valence electrons. The Balaban J connectivity index is 1.95. The van der Waals surface area contributed by atoms with Crippen LogP contribution in [0.15, 0.2) is 30.3 Å². The van der Waals surface area contributed by atoms with Crippen molar-refractivity contribution in [2.45, 2.75) is 26.2 Å². The molecule has 0 bridgehead atoms. The van der Waals surface area contributed by atoms with Crippen LogP contribution in [0, 0.1) is 5.92 Å². The SMILES string of the molecule is CCC1CC[N+](C)(CC(=O)c2ccccc2)CC1. The highest BCUT2D eigenvalue weighted by Gasteiger charge is 2.31. The molecule has 2 rings (SSSR count). The van der Waals surface area contributed by atoms with Crippen LogP contribution in [0.1, 0.15) is 36.5 Å². The van der Waals surface area contributed by atoms with Gasteiger partial charge >= 0.3 is 0 Å². The maximum absolute atomic E-state index is 12.3. The normalized spacial score (nSPS) is 28.0. The Morgan fingerprint density at radius 1 is 1.22 bits per heavy atom. The zero-order valence-electron chi connectivity index (χ0n) is 11.6. The number of Topliss-reactive ketones (excluding diaryl/α,β-unsaturated/α-hetero) is 1. The fraction of sp³-hybridized carbons (Fsp3) is 0.562. The Hall–Kier alpha value is -1.15.